The van der Waals surface area contributed by atoms with Crippen LogP contribution in [0.25, 0.3) is 0 Å². The third kappa shape index (κ3) is 2.97. The van der Waals surface area contributed by atoms with E-state index in [0.717, 1.165) is 48.8 Å². The van der Waals surface area contributed by atoms with Crippen molar-refractivity contribution in [1.29, 1.82) is 0 Å². The summed E-state index contributed by atoms with van der Waals surface area (Å²) in [7, 11) is 0. The number of aromatic nitrogens is 3. The molecule has 1 unspecified atom stereocenters. The highest BCUT2D eigenvalue weighted by molar-refractivity contribution is 5.97. The molecule has 0 aromatic carbocycles. The highest BCUT2D eigenvalue weighted by Gasteiger charge is 2.33. The van der Waals surface area contributed by atoms with E-state index in [0.29, 0.717) is 12.5 Å². The van der Waals surface area contributed by atoms with Crippen molar-refractivity contribution < 1.29 is 4.79 Å². The van der Waals surface area contributed by atoms with E-state index >= 15 is 0 Å². The molecule has 0 saturated carbocycles. The minimum Gasteiger partial charge on any atom is -0.332 e. The Bertz CT molecular complexity index is 777. The normalized spacial score (nSPS) is 19.8. The molecule has 6 heteroatoms. The van der Waals surface area contributed by atoms with Gasteiger partial charge in [0.2, 0.25) is 5.95 Å². The van der Waals surface area contributed by atoms with Crippen LogP contribution in [0.2, 0.25) is 0 Å². The Morgan fingerprint density at radius 2 is 2.04 bits per heavy atom. The van der Waals surface area contributed by atoms with Crippen LogP contribution in [-0.4, -0.2) is 38.8 Å². The molecule has 0 radical (unpaired) electrons. The van der Waals surface area contributed by atoms with E-state index in [9.17, 15) is 4.79 Å². The molecule has 2 aromatic rings. The Balaban J connectivity index is 1.60. The number of carbonyl (C=O) groups is 1. The van der Waals surface area contributed by atoms with Crippen molar-refractivity contribution in [3.63, 3.8) is 0 Å². The maximum absolute atomic E-state index is 12.5. The SMILES string of the molecule is CC(C)CN1Cc2nc(C3CCCN3c3ncccn3)ccc2C1=O. The van der Waals surface area contributed by atoms with Crippen LogP contribution in [0, 0.1) is 5.92 Å². The predicted octanol–water partition coefficient (Wildman–Crippen LogP) is 2.82. The first-order chi connectivity index (χ1) is 12.1. The first-order valence-corrected chi connectivity index (χ1v) is 8.96. The summed E-state index contributed by atoms with van der Waals surface area (Å²) in [6.45, 7) is 6.59. The molecule has 130 valence electrons. The summed E-state index contributed by atoms with van der Waals surface area (Å²) in [5.41, 5.74) is 2.68. The number of hydrogen-bond acceptors (Lipinski definition) is 5. The van der Waals surface area contributed by atoms with Gasteiger partial charge < -0.3 is 9.80 Å². The number of pyridine rings is 1. The number of rotatable bonds is 4. The van der Waals surface area contributed by atoms with Crippen molar-refractivity contribution in [3.05, 3.63) is 47.5 Å². The lowest BCUT2D eigenvalue weighted by Crippen LogP contribution is -2.27. The quantitative estimate of drug-likeness (QED) is 0.858. The van der Waals surface area contributed by atoms with E-state index in [4.69, 9.17) is 4.98 Å². The molecular formula is C19H23N5O. The van der Waals surface area contributed by atoms with Gasteiger partial charge in [0.15, 0.2) is 0 Å². The van der Waals surface area contributed by atoms with E-state index in [-0.39, 0.29) is 11.9 Å². The van der Waals surface area contributed by atoms with Gasteiger partial charge in [0.05, 0.1) is 29.5 Å². The predicted molar refractivity (Wildman–Crippen MR) is 95.2 cm³/mol. The molecule has 2 aliphatic rings. The first-order valence-electron chi connectivity index (χ1n) is 8.96. The van der Waals surface area contributed by atoms with Gasteiger partial charge in [0.1, 0.15) is 0 Å². The van der Waals surface area contributed by atoms with Gasteiger partial charge in [0.25, 0.3) is 5.91 Å². The van der Waals surface area contributed by atoms with Gasteiger partial charge >= 0.3 is 0 Å². The number of hydrogen-bond donors (Lipinski definition) is 0. The van der Waals surface area contributed by atoms with Gasteiger partial charge in [-0.25, -0.2) is 9.97 Å². The molecule has 1 saturated heterocycles. The molecule has 0 N–H and O–H groups in total. The van der Waals surface area contributed by atoms with Crippen LogP contribution in [0.1, 0.15) is 54.5 Å². The average molecular weight is 337 g/mol. The third-order valence-corrected chi connectivity index (χ3v) is 4.84. The number of carbonyl (C=O) groups excluding carboxylic acids is 1. The Hall–Kier alpha value is -2.50. The van der Waals surface area contributed by atoms with Crippen molar-refractivity contribution >= 4 is 11.9 Å². The Morgan fingerprint density at radius 1 is 1.24 bits per heavy atom. The largest absolute Gasteiger partial charge is 0.332 e. The van der Waals surface area contributed by atoms with Gasteiger partial charge in [0, 0.05) is 25.5 Å². The van der Waals surface area contributed by atoms with E-state index in [1.165, 1.54) is 0 Å². The van der Waals surface area contributed by atoms with Crippen molar-refractivity contribution in [3.8, 4) is 0 Å². The third-order valence-electron chi connectivity index (χ3n) is 4.84. The van der Waals surface area contributed by atoms with Crippen LogP contribution in [0.4, 0.5) is 5.95 Å². The molecule has 1 atom stereocenters. The molecule has 0 spiro atoms. The second-order valence-corrected chi connectivity index (χ2v) is 7.21. The average Bonchev–Trinajstić information content (AvgIpc) is 3.21. The summed E-state index contributed by atoms with van der Waals surface area (Å²) in [6.07, 6.45) is 5.68. The van der Waals surface area contributed by atoms with Gasteiger partial charge in [-0.15, -0.1) is 0 Å². The molecule has 4 heterocycles. The Morgan fingerprint density at radius 3 is 2.80 bits per heavy atom. The maximum Gasteiger partial charge on any atom is 0.256 e. The highest BCUT2D eigenvalue weighted by atomic mass is 16.2. The molecule has 6 nitrogen and oxygen atoms in total. The minimum atomic E-state index is 0.109. The Labute approximate surface area is 147 Å². The summed E-state index contributed by atoms with van der Waals surface area (Å²) < 4.78 is 0. The lowest BCUT2D eigenvalue weighted by molar-refractivity contribution is 0.0759. The fourth-order valence-electron chi connectivity index (χ4n) is 3.78. The molecule has 0 aliphatic carbocycles. The molecule has 1 fully saturated rings. The van der Waals surface area contributed by atoms with Crippen molar-refractivity contribution in [1.82, 2.24) is 19.9 Å². The molecule has 2 aliphatic heterocycles. The van der Waals surface area contributed by atoms with Crippen molar-refractivity contribution in [2.45, 2.75) is 39.3 Å². The number of anilines is 1. The van der Waals surface area contributed by atoms with Crippen LogP contribution in [0.3, 0.4) is 0 Å². The van der Waals surface area contributed by atoms with Gasteiger partial charge in [-0.05, 0) is 37.0 Å². The van der Waals surface area contributed by atoms with E-state index in [1.807, 2.05) is 23.1 Å². The maximum atomic E-state index is 12.5. The topological polar surface area (TPSA) is 62.2 Å². The fraction of sp³-hybridized carbons (Fsp3) is 0.474. The minimum absolute atomic E-state index is 0.109. The number of nitrogens with zero attached hydrogens (tertiary/aromatic N) is 5. The van der Waals surface area contributed by atoms with Crippen LogP contribution >= 0.6 is 0 Å². The lowest BCUT2D eigenvalue weighted by atomic mass is 10.1. The summed E-state index contributed by atoms with van der Waals surface area (Å²) in [5, 5.41) is 0. The monoisotopic (exact) mass is 337 g/mol. The zero-order valence-electron chi connectivity index (χ0n) is 14.7. The first kappa shape index (κ1) is 16.0. The molecular weight excluding hydrogens is 314 g/mol. The summed E-state index contributed by atoms with van der Waals surface area (Å²) in [5.74, 6) is 1.32. The Kier molecular flexibility index (Phi) is 4.11. The van der Waals surface area contributed by atoms with E-state index < -0.39 is 0 Å². The fourth-order valence-corrected chi connectivity index (χ4v) is 3.78. The summed E-state index contributed by atoms with van der Waals surface area (Å²) in [4.78, 5) is 30.3. The molecule has 25 heavy (non-hydrogen) atoms. The molecule has 1 amide bonds. The van der Waals surface area contributed by atoms with Gasteiger partial charge in [-0.1, -0.05) is 13.8 Å². The van der Waals surface area contributed by atoms with Crippen LogP contribution in [0.15, 0.2) is 30.6 Å². The lowest BCUT2D eigenvalue weighted by Gasteiger charge is -2.24. The van der Waals surface area contributed by atoms with Crippen molar-refractivity contribution in [2.24, 2.45) is 5.92 Å². The van der Waals surface area contributed by atoms with Gasteiger partial charge in [-0.2, -0.15) is 0 Å². The zero-order valence-corrected chi connectivity index (χ0v) is 14.7. The molecule has 2 aromatic heterocycles. The smallest absolute Gasteiger partial charge is 0.256 e. The zero-order chi connectivity index (χ0) is 17.4. The standard InChI is InChI=1S/C19H23N5O/c1-13(2)11-23-12-16-14(18(23)25)6-7-15(22-16)17-5-3-10-24(17)19-20-8-4-9-21-19/h4,6-9,13,17H,3,5,10-12H2,1-2H3. The van der Waals surface area contributed by atoms with Crippen molar-refractivity contribution in [2.75, 3.05) is 18.0 Å². The van der Waals surface area contributed by atoms with E-state index in [2.05, 4.69) is 28.7 Å². The summed E-state index contributed by atoms with van der Waals surface area (Å²) >= 11 is 0. The highest BCUT2D eigenvalue weighted by Crippen LogP contribution is 2.34. The van der Waals surface area contributed by atoms with E-state index in [1.54, 1.807) is 12.4 Å². The molecule has 4 rings (SSSR count). The number of fused-ring (bicyclic) bond motifs is 1. The number of amides is 1. The summed E-state index contributed by atoms with van der Waals surface area (Å²) in [6, 6.07) is 5.96. The molecule has 0 bridgehead atoms. The second kappa shape index (κ2) is 6.43. The van der Waals surface area contributed by atoms with Crippen LogP contribution in [-0.2, 0) is 6.54 Å². The van der Waals surface area contributed by atoms with Gasteiger partial charge in [-0.3, -0.25) is 9.78 Å². The van der Waals surface area contributed by atoms with Crippen LogP contribution < -0.4 is 4.90 Å². The second-order valence-electron chi connectivity index (χ2n) is 7.21. The van der Waals surface area contributed by atoms with Crippen LogP contribution in [0.5, 0.6) is 0 Å².